The van der Waals surface area contributed by atoms with Crippen LogP contribution in [-0.4, -0.2) is 25.3 Å². The lowest BCUT2D eigenvalue weighted by Gasteiger charge is -2.39. The number of benzene rings is 2. The standard InChI is InChI=1S/C16H13BrFNO3S/c1-23(21,22)19-13-5-3-2-4-12(13)16(20)14(17)15(19)10-6-8-11(18)9-7-10/h2-9,14-15H,1H3. The number of hydrogen-bond donors (Lipinski definition) is 0. The third-order valence-electron chi connectivity index (χ3n) is 3.76. The van der Waals surface area contributed by atoms with E-state index in [1.807, 2.05) is 0 Å². The quantitative estimate of drug-likeness (QED) is 0.730. The Balaban J connectivity index is 2.25. The number of anilines is 1. The summed E-state index contributed by atoms with van der Waals surface area (Å²) in [5, 5.41) is 0. The Kier molecular flexibility index (Phi) is 4.01. The molecule has 1 aliphatic heterocycles. The molecule has 1 aliphatic rings. The summed E-state index contributed by atoms with van der Waals surface area (Å²) in [5.41, 5.74) is 1.23. The Morgan fingerprint density at radius 1 is 1.09 bits per heavy atom. The summed E-state index contributed by atoms with van der Waals surface area (Å²) in [6, 6.07) is 11.3. The van der Waals surface area contributed by atoms with Crippen molar-refractivity contribution >= 4 is 37.4 Å². The van der Waals surface area contributed by atoms with Gasteiger partial charge in [-0.1, -0.05) is 40.2 Å². The first-order chi connectivity index (χ1) is 10.8. The second-order valence-corrected chi connectivity index (χ2v) is 8.18. The van der Waals surface area contributed by atoms with Crippen LogP contribution < -0.4 is 4.31 Å². The van der Waals surface area contributed by atoms with Gasteiger partial charge >= 0.3 is 0 Å². The molecule has 2 aromatic carbocycles. The van der Waals surface area contributed by atoms with Gasteiger partial charge < -0.3 is 0 Å². The number of rotatable bonds is 2. The van der Waals surface area contributed by atoms with Crippen LogP contribution in [0.5, 0.6) is 0 Å². The highest BCUT2D eigenvalue weighted by molar-refractivity contribution is 9.10. The fourth-order valence-electron chi connectivity index (χ4n) is 2.78. The average Bonchev–Trinajstić information content (AvgIpc) is 2.50. The Labute approximate surface area is 142 Å². The van der Waals surface area contributed by atoms with Crippen molar-refractivity contribution in [3.05, 3.63) is 65.5 Å². The van der Waals surface area contributed by atoms with Crippen LogP contribution in [-0.2, 0) is 10.0 Å². The summed E-state index contributed by atoms with van der Waals surface area (Å²) in [4.78, 5) is 11.8. The zero-order valence-corrected chi connectivity index (χ0v) is 14.5. The van der Waals surface area contributed by atoms with E-state index in [2.05, 4.69) is 15.9 Å². The third kappa shape index (κ3) is 2.79. The number of carbonyl (C=O) groups excluding carboxylic acids is 1. The van der Waals surface area contributed by atoms with E-state index in [4.69, 9.17) is 0 Å². The summed E-state index contributed by atoms with van der Waals surface area (Å²) in [7, 11) is -3.65. The number of ketones is 1. The molecule has 2 unspecified atom stereocenters. The van der Waals surface area contributed by atoms with Crippen LogP contribution in [0, 0.1) is 5.82 Å². The smallest absolute Gasteiger partial charge is 0.232 e. The van der Waals surface area contributed by atoms with Crippen LogP contribution >= 0.6 is 15.9 Å². The van der Waals surface area contributed by atoms with E-state index in [0.717, 1.165) is 6.26 Å². The maximum Gasteiger partial charge on any atom is 0.232 e. The third-order valence-corrected chi connectivity index (χ3v) is 5.81. The first kappa shape index (κ1) is 16.1. The molecule has 0 saturated heterocycles. The number of fused-ring (bicyclic) bond motifs is 1. The van der Waals surface area contributed by atoms with Gasteiger partial charge in [0.15, 0.2) is 5.78 Å². The Morgan fingerprint density at radius 3 is 2.30 bits per heavy atom. The summed E-state index contributed by atoms with van der Waals surface area (Å²) in [6.45, 7) is 0. The molecule has 4 nitrogen and oxygen atoms in total. The van der Waals surface area contributed by atoms with Crippen molar-refractivity contribution in [1.82, 2.24) is 0 Å². The molecule has 23 heavy (non-hydrogen) atoms. The monoisotopic (exact) mass is 397 g/mol. The Bertz CT molecular complexity index is 867. The van der Waals surface area contributed by atoms with Crippen LogP contribution in [0.1, 0.15) is 22.0 Å². The van der Waals surface area contributed by atoms with Crippen molar-refractivity contribution in [3.8, 4) is 0 Å². The molecule has 2 atom stereocenters. The van der Waals surface area contributed by atoms with E-state index >= 15 is 0 Å². The minimum absolute atomic E-state index is 0.199. The fraction of sp³-hybridized carbons (Fsp3) is 0.188. The van der Waals surface area contributed by atoms with Crippen molar-refractivity contribution in [1.29, 1.82) is 0 Å². The predicted molar refractivity (Wildman–Crippen MR) is 90.0 cm³/mol. The highest BCUT2D eigenvalue weighted by Gasteiger charge is 2.43. The molecular weight excluding hydrogens is 385 g/mol. The summed E-state index contributed by atoms with van der Waals surface area (Å²) < 4.78 is 39.1. The number of nitrogens with zero attached hydrogens (tertiary/aromatic N) is 1. The molecule has 0 spiro atoms. The van der Waals surface area contributed by atoms with Crippen LogP contribution in [0.25, 0.3) is 0 Å². The van der Waals surface area contributed by atoms with Crippen LogP contribution in [0.4, 0.5) is 10.1 Å². The molecule has 0 bridgehead atoms. The molecule has 0 aliphatic carbocycles. The predicted octanol–water partition coefficient (Wildman–Crippen LogP) is 3.29. The van der Waals surface area contributed by atoms with Gasteiger partial charge in [-0.25, -0.2) is 12.8 Å². The average molecular weight is 398 g/mol. The number of sulfonamides is 1. The van der Waals surface area contributed by atoms with Crippen LogP contribution in [0.2, 0.25) is 0 Å². The lowest BCUT2D eigenvalue weighted by atomic mass is 9.92. The molecule has 0 radical (unpaired) electrons. The maximum absolute atomic E-state index is 13.2. The van der Waals surface area contributed by atoms with Gasteiger partial charge in [-0.15, -0.1) is 0 Å². The SMILES string of the molecule is CS(=O)(=O)N1c2ccccc2C(=O)C(Br)C1c1ccc(F)cc1. The number of hydrogen-bond acceptors (Lipinski definition) is 3. The van der Waals surface area contributed by atoms with Gasteiger partial charge in [0.1, 0.15) is 10.6 Å². The van der Waals surface area contributed by atoms with Gasteiger partial charge in [0.25, 0.3) is 0 Å². The number of carbonyl (C=O) groups is 1. The molecule has 120 valence electrons. The molecule has 0 amide bonds. The first-order valence-electron chi connectivity index (χ1n) is 6.83. The number of halogens is 2. The van der Waals surface area contributed by atoms with Crippen molar-refractivity contribution in [3.63, 3.8) is 0 Å². The van der Waals surface area contributed by atoms with Gasteiger partial charge in [-0.3, -0.25) is 9.10 Å². The van der Waals surface area contributed by atoms with Crippen LogP contribution in [0.15, 0.2) is 48.5 Å². The largest absolute Gasteiger partial charge is 0.293 e. The number of Topliss-reactive ketones (excluding diaryl/α,β-unsaturated/α-hetero) is 1. The van der Waals surface area contributed by atoms with Gasteiger partial charge in [-0.05, 0) is 29.8 Å². The second-order valence-electron chi connectivity index (χ2n) is 5.34. The van der Waals surface area contributed by atoms with E-state index < -0.39 is 26.7 Å². The van der Waals surface area contributed by atoms with Crippen molar-refractivity contribution in [2.24, 2.45) is 0 Å². The molecule has 0 saturated carbocycles. The molecule has 0 fully saturated rings. The molecular formula is C16H13BrFNO3S. The molecule has 3 rings (SSSR count). The second kappa shape index (κ2) is 5.72. The maximum atomic E-state index is 13.2. The minimum Gasteiger partial charge on any atom is -0.293 e. The molecule has 1 heterocycles. The zero-order valence-electron chi connectivity index (χ0n) is 12.1. The lowest BCUT2D eigenvalue weighted by molar-refractivity contribution is 0.0979. The first-order valence-corrected chi connectivity index (χ1v) is 9.59. The normalized spacial score (nSPS) is 21.2. The molecule has 2 aromatic rings. The Morgan fingerprint density at radius 2 is 1.70 bits per heavy atom. The highest BCUT2D eigenvalue weighted by Crippen LogP contribution is 2.43. The summed E-state index contributed by atoms with van der Waals surface area (Å²) in [5.74, 6) is -0.622. The van der Waals surface area contributed by atoms with E-state index in [9.17, 15) is 17.6 Å². The fourth-order valence-corrected chi connectivity index (χ4v) is 4.90. The highest BCUT2D eigenvalue weighted by atomic mass is 79.9. The van der Waals surface area contributed by atoms with Gasteiger partial charge in [0, 0.05) is 5.56 Å². The Hall–Kier alpha value is -1.73. The lowest BCUT2D eigenvalue weighted by Crippen LogP contribution is -2.45. The minimum atomic E-state index is -3.65. The van der Waals surface area contributed by atoms with Gasteiger partial charge in [0.2, 0.25) is 10.0 Å². The van der Waals surface area contributed by atoms with E-state index in [1.165, 1.54) is 28.6 Å². The summed E-state index contributed by atoms with van der Waals surface area (Å²) >= 11 is 3.33. The summed E-state index contributed by atoms with van der Waals surface area (Å²) in [6.07, 6.45) is 1.09. The number of para-hydroxylation sites is 1. The number of alkyl halides is 1. The molecule has 0 aromatic heterocycles. The van der Waals surface area contributed by atoms with Gasteiger partial charge in [0.05, 0.1) is 18.0 Å². The van der Waals surface area contributed by atoms with Crippen molar-refractivity contribution in [2.75, 3.05) is 10.6 Å². The van der Waals surface area contributed by atoms with E-state index in [0.29, 0.717) is 16.8 Å². The molecule has 0 N–H and O–H groups in total. The van der Waals surface area contributed by atoms with Gasteiger partial charge in [-0.2, -0.15) is 0 Å². The molecule has 7 heteroatoms. The van der Waals surface area contributed by atoms with Crippen molar-refractivity contribution in [2.45, 2.75) is 10.9 Å². The van der Waals surface area contributed by atoms with Crippen LogP contribution in [0.3, 0.4) is 0 Å². The topological polar surface area (TPSA) is 54.5 Å². The van der Waals surface area contributed by atoms with E-state index in [-0.39, 0.29) is 5.78 Å². The van der Waals surface area contributed by atoms with Crippen molar-refractivity contribution < 1.29 is 17.6 Å². The zero-order chi connectivity index (χ0) is 16.8. The van der Waals surface area contributed by atoms with E-state index in [1.54, 1.807) is 24.3 Å².